The molecule has 0 saturated heterocycles. The second-order valence-corrected chi connectivity index (χ2v) is 7.91. The van der Waals surface area contributed by atoms with Crippen LogP contribution in [-0.4, -0.2) is 0 Å². The molecule has 2 aliphatic carbocycles. The largest absolute Gasteiger partial charge is 0.118 e. The van der Waals surface area contributed by atoms with E-state index < -0.39 is 0 Å². The van der Waals surface area contributed by atoms with Crippen LogP contribution in [0.3, 0.4) is 0 Å². The fourth-order valence-electron chi connectivity index (χ4n) is 4.75. The van der Waals surface area contributed by atoms with Crippen molar-refractivity contribution < 1.29 is 0 Å². The lowest BCUT2D eigenvalue weighted by Crippen LogP contribution is -2.28. The summed E-state index contributed by atoms with van der Waals surface area (Å²) in [6.45, 7) is 2.22. The van der Waals surface area contributed by atoms with Gasteiger partial charge in [0, 0.05) is 24.0 Å². The van der Waals surface area contributed by atoms with Gasteiger partial charge < -0.3 is 0 Å². The first kappa shape index (κ1) is 17.0. The van der Waals surface area contributed by atoms with Crippen LogP contribution in [0.25, 0.3) is 34.2 Å². The van der Waals surface area contributed by atoms with E-state index in [1.807, 2.05) is 0 Å². The van der Waals surface area contributed by atoms with Crippen molar-refractivity contribution >= 4 is 34.2 Å². The molecule has 0 heterocycles. The Morgan fingerprint density at radius 1 is 0.800 bits per heavy atom. The molecule has 6 rings (SSSR count). The van der Waals surface area contributed by atoms with E-state index in [0.29, 0.717) is 0 Å². The molecule has 4 aromatic carbocycles. The second-order valence-electron chi connectivity index (χ2n) is 7.91. The van der Waals surface area contributed by atoms with Gasteiger partial charge in [0.1, 0.15) is 0 Å². The molecule has 0 radical (unpaired) electrons. The highest BCUT2D eigenvalue weighted by atomic mass is 14.3. The molecule has 0 aliphatic heterocycles. The third-order valence-electron chi connectivity index (χ3n) is 6.22. The van der Waals surface area contributed by atoms with Crippen LogP contribution in [0, 0.1) is 12.3 Å². The van der Waals surface area contributed by atoms with Crippen LogP contribution in [0.5, 0.6) is 0 Å². The van der Waals surface area contributed by atoms with E-state index in [4.69, 9.17) is 0 Å². The minimum atomic E-state index is 1.17. The molecule has 30 heavy (non-hydrogen) atoms. The van der Waals surface area contributed by atoms with E-state index >= 15 is 0 Å². The Morgan fingerprint density at radius 3 is 2.23 bits per heavy atom. The van der Waals surface area contributed by atoms with Gasteiger partial charge in [0.2, 0.25) is 0 Å². The quantitative estimate of drug-likeness (QED) is 0.345. The van der Waals surface area contributed by atoms with Crippen LogP contribution in [0.1, 0.15) is 34.7 Å². The van der Waals surface area contributed by atoms with Gasteiger partial charge in [-0.2, -0.15) is 0 Å². The maximum absolute atomic E-state index is 3.90. The number of fused-ring (bicyclic) bond motifs is 4. The highest BCUT2D eigenvalue weighted by Crippen LogP contribution is 2.41. The molecule has 0 spiro atoms. The smallest absolute Gasteiger partial charge is 0.0997 e. The molecule has 2 aliphatic rings. The molecule has 0 atom stereocenters. The number of hydrogen-bond donors (Lipinski definition) is 0. The van der Waals surface area contributed by atoms with Gasteiger partial charge in [-0.15, -0.1) is 34.9 Å². The summed E-state index contributed by atoms with van der Waals surface area (Å²) in [6.07, 6.45) is 8.63. The van der Waals surface area contributed by atoms with Crippen molar-refractivity contribution in [3.63, 3.8) is 0 Å². The summed E-state index contributed by atoms with van der Waals surface area (Å²) in [6, 6.07) is 28.3. The molecular weight excluding hydrogens is 360 g/mol. The van der Waals surface area contributed by atoms with E-state index in [0.717, 1.165) is 0 Å². The summed E-state index contributed by atoms with van der Waals surface area (Å²) in [5.41, 5.74) is 11.4. The average Bonchev–Trinajstić information content (AvgIpc) is 2.81. The number of hydrogen-bond acceptors (Lipinski definition) is 0. The standard InChI is InChI=1S/C30H20/c1-20-23-12-6-8-16-27(23)30(28-17-9-7-13-24(20)28)19-29-25-14-4-2-10-21(25)18-22-11-3-5-15-26(22)29/h2-18H,1H3. The summed E-state index contributed by atoms with van der Waals surface area (Å²) in [7, 11) is 0. The second kappa shape index (κ2) is 6.59. The van der Waals surface area contributed by atoms with E-state index in [1.54, 1.807) is 0 Å². The molecule has 0 amide bonds. The van der Waals surface area contributed by atoms with Gasteiger partial charge in [-0.3, -0.25) is 0 Å². The predicted molar refractivity (Wildman–Crippen MR) is 127 cm³/mol. The van der Waals surface area contributed by atoms with Crippen LogP contribution >= 0.6 is 0 Å². The molecule has 0 heteroatoms. The van der Waals surface area contributed by atoms with Gasteiger partial charge in [-0.05, 0) is 17.0 Å². The maximum Gasteiger partial charge on any atom is 0.0997 e. The lowest BCUT2D eigenvalue weighted by Gasteiger charge is -2.34. The normalized spacial score (nSPS) is 13.6. The van der Waals surface area contributed by atoms with E-state index in [1.165, 1.54) is 60.5 Å². The average molecular weight is 380 g/mol. The fraction of sp³-hybridized carbons (Fsp3) is 0.0333. The Kier molecular flexibility index (Phi) is 3.74. The Bertz CT molecular complexity index is 1460. The van der Waals surface area contributed by atoms with Crippen molar-refractivity contribution in [3.8, 4) is 0 Å². The molecule has 0 aromatic heterocycles. The van der Waals surface area contributed by atoms with Crippen molar-refractivity contribution in [2.75, 3.05) is 0 Å². The molecule has 4 aromatic rings. The topological polar surface area (TPSA) is 0 Å². The van der Waals surface area contributed by atoms with Crippen LogP contribution in [0.4, 0.5) is 0 Å². The van der Waals surface area contributed by atoms with Crippen molar-refractivity contribution in [2.24, 2.45) is 0 Å². The van der Waals surface area contributed by atoms with Crippen LogP contribution in [-0.2, 0) is 0 Å². The first-order valence-electron chi connectivity index (χ1n) is 10.4. The van der Waals surface area contributed by atoms with Gasteiger partial charge in [-0.1, -0.05) is 78.7 Å². The summed E-state index contributed by atoms with van der Waals surface area (Å²) < 4.78 is 0. The van der Waals surface area contributed by atoms with Crippen molar-refractivity contribution in [2.45, 2.75) is 6.92 Å². The molecule has 0 unspecified atom stereocenters. The fourth-order valence-corrected chi connectivity index (χ4v) is 4.75. The van der Waals surface area contributed by atoms with E-state index in [9.17, 15) is 0 Å². The molecule has 0 saturated carbocycles. The highest BCUT2D eigenvalue weighted by molar-refractivity contribution is 5.96. The Hall–Kier alpha value is -3.86. The van der Waals surface area contributed by atoms with Crippen molar-refractivity contribution in [3.05, 3.63) is 136 Å². The minimum absolute atomic E-state index is 1.17. The van der Waals surface area contributed by atoms with Gasteiger partial charge in [0.15, 0.2) is 0 Å². The molecule has 0 bridgehead atoms. The Labute approximate surface area is 176 Å². The van der Waals surface area contributed by atoms with Gasteiger partial charge in [0.05, 0.1) is 22.1 Å². The maximum atomic E-state index is 3.90. The number of rotatable bonds is 0. The van der Waals surface area contributed by atoms with Crippen LogP contribution in [0.2, 0.25) is 0 Å². The van der Waals surface area contributed by atoms with E-state index in [-0.39, 0.29) is 0 Å². The van der Waals surface area contributed by atoms with Gasteiger partial charge >= 0.3 is 0 Å². The predicted octanol–water partition coefficient (Wildman–Crippen LogP) is 5.67. The molecule has 140 valence electrons. The summed E-state index contributed by atoms with van der Waals surface area (Å²) in [5, 5.41) is 4.90. The highest BCUT2D eigenvalue weighted by Gasteiger charge is 2.18. The number of allylic oxidation sites excluding steroid dienone is 1. The van der Waals surface area contributed by atoms with Gasteiger partial charge in [-0.25, -0.2) is 0 Å². The SMILES string of the molecule is C[C-]1c2ccccc2C(=C=c2c3c(cc4ccccc24)C=C[CH+]C=3)c2ccccc21. The zero-order valence-corrected chi connectivity index (χ0v) is 16.8. The summed E-state index contributed by atoms with van der Waals surface area (Å²) in [4.78, 5) is 0. The molecular formula is C30H20. The molecule has 0 N–H and O–H groups in total. The lowest BCUT2D eigenvalue weighted by atomic mass is 9.76. The Morgan fingerprint density at radius 2 is 1.47 bits per heavy atom. The molecule has 0 nitrogen and oxygen atoms in total. The monoisotopic (exact) mass is 380 g/mol. The number of benzene rings is 4. The zero-order chi connectivity index (χ0) is 20.1. The minimum Gasteiger partial charge on any atom is -0.118 e. The van der Waals surface area contributed by atoms with Crippen molar-refractivity contribution in [1.82, 2.24) is 0 Å². The summed E-state index contributed by atoms with van der Waals surface area (Å²) in [5.74, 6) is 1.33. The third kappa shape index (κ3) is 2.48. The van der Waals surface area contributed by atoms with Crippen LogP contribution < -0.4 is 10.4 Å². The zero-order valence-electron chi connectivity index (χ0n) is 16.8. The van der Waals surface area contributed by atoms with E-state index in [2.05, 4.69) is 116 Å². The molecule has 0 fully saturated rings. The van der Waals surface area contributed by atoms with Crippen LogP contribution in [0.15, 0.2) is 84.9 Å². The summed E-state index contributed by atoms with van der Waals surface area (Å²) >= 11 is 0. The van der Waals surface area contributed by atoms with Crippen molar-refractivity contribution in [1.29, 1.82) is 0 Å². The first-order chi connectivity index (χ1) is 14.8. The van der Waals surface area contributed by atoms with Gasteiger partial charge in [0.25, 0.3) is 0 Å². The third-order valence-corrected chi connectivity index (χ3v) is 6.22. The lowest BCUT2D eigenvalue weighted by molar-refractivity contribution is 1.15. The Balaban J connectivity index is 1.87. The first-order valence-corrected chi connectivity index (χ1v) is 10.4.